The summed E-state index contributed by atoms with van der Waals surface area (Å²) < 4.78 is 1.83. The van der Waals surface area contributed by atoms with Crippen LogP contribution < -0.4 is 10.6 Å². The number of amides is 1. The van der Waals surface area contributed by atoms with Crippen LogP contribution in [-0.4, -0.2) is 40.5 Å². The first kappa shape index (κ1) is 14.7. The van der Waals surface area contributed by atoms with Crippen molar-refractivity contribution in [3.8, 4) is 0 Å². The van der Waals surface area contributed by atoms with Gasteiger partial charge in [0, 0.05) is 6.54 Å². The molecule has 1 aromatic heterocycles. The zero-order chi connectivity index (χ0) is 15.2. The van der Waals surface area contributed by atoms with Gasteiger partial charge in [-0.05, 0) is 37.9 Å². The molecule has 1 aliphatic rings. The van der Waals surface area contributed by atoms with Crippen molar-refractivity contribution < 1.29 is 4.79 Å². The largest absolute Gasteiger partial charge is 0.350 e. The summed E-state index contributed by atoms with van der Waals surface area (Å²) in [7, 11) is 0. The number of carbonyl (C=O) groups excluding carboxylic acids is 1. The van der Waals surface area contributed by atoms with Gasteiger partial charge < -0.3 is 10.6 Å². The maximum atomic E-state index is 12.1. The molecule has 1 saturated heterocycles. The van der Waals surface area contributed by atoms with Crippen LogP contribution in [-0.2, 0) is 6.42 Å². The fourth-order valence-corrected chi connectivity index (χ4v) is 2.69. The number of hydrogen-bond acceptors (Lipinski definition) is 4. The van der Waals surface area contributed by atoms with Crippen LogP contribution in [0.4, 0.5) is 0 Å². The second kappa shape index (κ2) is 7.17. The molecule has 0 saturated carbocycles. The highest BCUT2D eigenvalue weighted by Gasteiger charge is 2.18. The molecule has 0 aliphatic carbocycles. The summed E-state index contributed by atoms with van der Waals surface area (Å²) in [5, 5.41) is 14.3. The summed E-state index contributed by atoms with van der Waals surface area (Å²) in [5.41, 5.74) is 1.60. The molecule has 1 aromatic carbocycles. The summed E-state index contributed by atoms with van der Waals surface area (Å²) in [6, 6.07) is 10.4. The Labute approximate surface area is 129 Å². The molecular weight excluding hydrogens is 278 g/mol. The number of benzene rings is 1. The predicted molar refractivity (Wildman–Crippen MR) is 83.6 cm³/mol. The molecule has 0 unspecified atom stereocenters. The topological polar surface area (TPSA) is 71.8 Å². The molecule has 2 heterocycles. The summed E-state index contributed by atoms with van der Waals surface area (Å²) >= 11 is 0. The highest BCUT2D eigenvalue weighted by atomic mass is 16.2. The quantitative estimate of drug-likeness (QED) is 0.869. The van der Waals surface area contributed by atoms with E-state index in [-0.39, 0.29) is 5.91 Å². The minimum atomic E-state index is -0.156. The first-order valence-electron chi connectivity index (χ1n) is 7.77. The lowest BCUT2D eigenvalue weighted by Crippen LogP contribution is -2.29. The third kappa shape index (κ3) is 3.71. The van der Waals surface area contributed by atoms with Crippen LogP contribution in [0, 0.1) is 0 Å². The number of aromatic nitrogens is 3. The van der Waals surface area contributed by atoms with Crippen LogP contribution in [0.1, 0.15) is 34.9 Å². The minimum Gasteiger partial charge on any atom is -0.350 e. The summed E-state index contributed by atoms with van der Waals surface area (Å²) in [6.45, 7) is 2.58. The van der Waals surface area contributed by atoms with E-state index in [1.54, 1.807) is 6.20 Å². The molecule has 22 heavy (non-hydrogen) atoms. The van der Waals surface area contributed by atoms with E-state index in [4.69, 9.17) is 0 Å². The summed E-state index contributed by atoms with van der Waals surface area (Å²) in [5.74, 6) is -0.156. The molecule has 6 heteroatoms. The highest BCUT2D eigenvalue weighted by molar-refractivity contribution is 5.91. The maximum Gasteiger partial charge on any atom is 0.273 e. The van der Waals surface area contributed by atoms with E-state index in [0.717, 1.165) is 32.4 Å². The second-order valence-corrected chi connectivity index (χ2v) is 5.56. The van der Waals surface area contributed by atoms with E-state index in [9.17, 15) is 4.79 Å². The van der Waals surface area contributed by atoms with Crippen molar-refractivity contribution in [1.82, 2.24) is 25.6 Å². The van der Waals surface area contributed by atoms with Gasteiger partial charge in [0.05, 0.1) is 12.2 Å². The van der Waals surface area contributed by atoms with Crippen LogP contribution in [0.3, 0.4) is 0 Å². The van der Waals surface area contributed by atoms with Gasteiger partial charge in [-0.1, -0.05) is 35.5 Å². The molecular formula is C16H21N5O. The van der Waals surface area contributed by atoms with Gasteiger partial charge in [0.15, 0.2) is 5.69 Å². The van der Waals surface area contributed by atoms with Crippen molar-refractivity contribution in [3.05, 3.63) is 47.8 Å². The number of nitrogens with zero attached hydrogens (tertiary/aromatic N) is 3. The molecule has 0 spiro atoms. The Morgan fingerprint density at radius 1 is 1.27 bits per heavy atom. The zero-order valence-corrected chi connectivity index (χ0v) is 12.5. The molecule has 6 nitrogen and oxygen atoms in total. The SMILES string of the molecule is O=C(NCCc1ccccc1)c1cn(C2CCNCC2)nn1. The van der Waals surface area contributed by atoms with Gasteiger partial charge in [-0.3, -0.25) is 4.79 Å². The van der Waals surface area contributed by atoms with Crippen molar-refractivity contribution >= 4 is 5.91 Å². The van der Waals surface area contributed by atoms with E-state index in [1.807, 2.05) is 22.9 Å². The Balaban J connectivity index is 1.51. The smallest absolute Gasteiger partial charge is 0.273 e. The average molecular weight is 299 g/mol. The van der Waals surface area contributed by atoms with Crippen LogP contribution in [0.15, 0.2) is 36.5 Å². The van der Waals surface area contributed by atoms with Gasteiger partial charge in [-0.25, -0.2) is 4.68 Å². The van der Waals surface area contributed by atoms with Crippen LogP contribution in [0.25, 0.3) is 0 Å². The van der Waals surface area contributed by atoms with Crippen molar-refractivity contribution in [3.63, 3.8) is 0 Å². The fourth-order valence-electron chi connectivity index (χ4n) is 2.69. The van der Waals surface area contributed by atoms with E-state index < -0.39 is 0 Å². The number of hydrogen-bond donors (Lipinski definition) is 2. The van der Waals surface area contributed by atoms with Gasteiger partial charge >= 0.3 is 0 Å². The number of piperidine rings is 1. The third-order valence-corrected chi connectivity index (χ3v) is 3.97. The molecule has 1 amide bonds. The Morgan fingerprint density at radius 3 is 2.82 bits per heavy atom. The number of rotatable bonds is 5. The van der Waals surface area contributed by atoms with Crippen LogP contribution >= 0.6 is 0 Å². The van der Waals surface area contributed by atoms with E-state index in [1.165, 1.54) is 5.56 Å². The Morgan fingerprint density at radius 2 is 2.05 bits per heavy atom. The molecule has 0 atom stereocenters. The van der Waals surface area contributed by atoms with Gasteiger partial charge in [0.1, 0.15) is 0 Å². The van der Waals surface area contributed by atoms with Crippen molar-refractivity contribution in [1.29, 1.82) is 0 Å². The van der Waals surface area contributed by atoms with E-state index in [2.05, 4.69) is 33.1 Å². The first-order valence-corrected chi connectivity index (χ1v) is 7.77. The molecule has 0 radical (unpaired) electrons. The lowest BCUT2D eigenvalue weighted by Gasteiger charge is -2.22. The predicted octanol–water partition coefficient (Wildman–Crippen LogP) is 1.18. The van der Waals surface area contributed by atoms with Gasteiger partial charge in [-0.15, -0.1) is 5.10 Å². The highest BCUT2D eigenvalue weighted by Crippen LogP contribution is 2.16. The maximum absolute atomic E-state index is 12.1. The molecule has 2 N–H and O–H groups in total. The van der Waals surface area contributed by atoms with E-state index in [0.29, 0.717) is 18.3 Å². The number of nitrogens with one attached hydrogen (secondary N) is 2. The Kier molecular flexibility index (Phi) is 4.80. The fraction of sp³-hybridized carbons (Fsp3) is 0.438. The van der Waals surface area contributed by atoms with Crippen LogP contribution in [0.5, 0.6) is 0 Å². The van der Waals surface area contributed by atoms with Crippen molar-refractivity contribution in [2.24, 2.45) is 0 Å². The Hall–Kier alpha value is -2.21. The third-order valence-electron chi connectivity index (χ3n) is 3.97. The van der Waals surface area contributed by atoms with Crippen LogP contribution in [0.2, 0.25) is 0 Å². The van der Waals surface area contributed by atoms with E-state index >= 15 is 0 Å². The van der Waals surface area contributed by atoms with Crippen molar-refractivity contribution in [2.45, 2.75) is 25.3 Å². The first-order chi connectivity index (χ1) is 10.8. The molecule has 1 fully saturated rings. The molecule has 116 valence electrons. The Bertz CT molecular complexity index is 604. The normalized spacial score (nSPS) is 15.6. The van der Waals surface area contributed by atoms with Gasteiger partial charge in [0.25, 0.3) is 5.91 Å². The second-order valence-electron chi connectivity index (χ2n) is 5.56. The molecule has 0 bridgehead atoms. The lowest BCUT2D eigenvalue weighted by molar-refractivity contribution is 0.0949. The van der Waals surface area contributed by atoms with Gasteiger partial charge in [0.2, 0.25) is 0 Å². The number of carbonyl (C=O) groups is 1. The monoisotopic (exact) mass is 299 g/mol. The minimum absolute atomic E-state index is 0.156. The zero-order valence-electron chi connectivity index (χ0n) is 12.5. The molecule has 2 aromatic rings. The lowest BCUT2D eigenvalue weighted by atomic mass is 10.1. The summed E-state index contributed by atoms with van der Waals surface area (Å²) in [4.78, 5) is 12.1. The molecule has 3 rings (SSSR count). The van der Waals surface area contributed by atoms with Crippen molar-refractivity contribution in [2.75, 3.05) is 19.6 Å². The van der Waals surface area contributed by atoms with Gasteiger partial charge in [-0.2, -0.15) is 0 Å². The average Bonchev–Trinajstić information content (AvgIpc) is 3.07. The summed E-state index contributed by atoms with van der Waals surface area (Å²) in [6.07, 6.45) is 4.62. The molecule has 1 aliphatic heterocycles. The standard InChI is InChI=1S/C16H21N5O/c22-16(18-11-6-13-4-2-1-3-5-13)15-12-21(20-19-15)14-7-9-17-10-8-14/h1-5,12,14,17H,6-11H2,(H,18,22).